The predicted molar refractivity (Wildman–Crippen MR) is 82.1 cm³/mol. The van der Waals surface area contributed by atoms with Gasteiger partial charge in [-0.05, 0) is 36.1 Å². The third kappa shape index (κ3) is 3.71. The molecule has 0 fully saturated rings. The average molecular weight is 359 g/mol. The number of imidazole rings is 1. The van der Waals surface area contributed by atoms with E-state index < -0.39 is 5.97 Å². The minimum absolute atomic E-state index is 0.00748. The highest BCUT2D eigenvalue weighted by Crippen LogP contribution is 2.24. The molecule has 2 heterocycles. The summed E-state index contributed by atoms with van der Waals surface area (Å²) in [7, 11) is 3.99. The fraction of sp³-hybridized carbons (Fsp3) is 0.417. The lowest BCUT2D eigenvalue weighted by Gasteiger charge is -2.12. The van der Waals surface area contributed by atoms with Crippen molar-refractivity contribution in [2.45, 2.75) is 11.7 Å². The summed E-state index contributed by atoms with van der Waals surface area (Å²) in [4.78, 5) is 21.7. The Morgan fingerprint density at radius 1 is 1.55 bits per heavy atom. The van der Waals surface area contributed by atoms with Gasteiger partial charge >= 0.3 is 5.97 Å². The molecular formula is C12H15BrN4O2S. The van der Waals surface area contributed by atoms with Crippen molar-refractivity contribution >= 4 is 44.8 Å². The van der Waals surface area contributed by atoms with Crippen LogP contribution in [0.1, 0.15) is 0 Å². The molecule has 0 atom stereocenters. The number of nitrogens with zero attached hydrogens (tertiary/aromatic N) is 4. The van der Waals surface area contributed by atoms with Crippen LogP contribution in [0, 0.1) is 0 Å². The fourth-order valence-electron chi connectivity index (χ4n) is 1.70. The molecule has 108 valence electrons. The monoisotopic (exact) mass is 358 g/mol. The van der Waals surface area contributed by atoms with Gasteiger partial charge in [0.2, 0.25) is 0 Å². The molecule has 0 bridgehead atoms. The van der Waals surface area contributed by atoms with Gasteiger partial charge in [-0.2, -0.15) is 0 Å². The lowest BCUT2D eigenvalue weighted by Crippen LogP contribution is -2.19. The van der Waals surface area contributed by atoms with E-state index in [1.165, 1.54) is 11.8 Å². The van der Waals surface area contributed by atoms with Crippen molar-refractivity contribution in [1.29, 1.82) is 0 Å². The Balaban J connectivity index is 2.36. The number of aromatic nitrogens is 3. The maximum absolute atomic E-state index is 10.7. The molecule has 1 N–H and O–H groups in total. The maximum atomic E-state index is 10.7. The van der Waals surface area contributed by atoms with Crippen LogP contribution < -0.4 is 0 Å². The van der Waals surface area contributed by atoms with Crippen LogP contribution in [-0.2, 0) is 11.3 Å². The van der Waals surface area contributed by atoms with Crippen molar-refractivity contribution in [2.75, 3.05) is 26.4 Å². The van der Waals surface area contributed by atoms with E-state index >= 15 is 0 Å². The number of hydrogen-bond donors (Lipinski definition) is 1. The van der Waals surface area contributed by atoms with Crippen LogP contribution in [0.4, 0.5) is 0 Å². The van der Waals surface area contributed by atoms with Gasteiger partial charge in [0.1, 0.15) is 5.52 Å². The van der Waals surface area contributed by atoms with Gasteiger partial charge < -0.3 is 14.6 Å². The molecule has 0 saturated heterocycles. The third-order valence-electron chi connectivity index (χ3n) is 2.61. The van der Waals surface area contributed by atoms with Crippen molar-refractivity contribution in [2.24, 2.45) is 0 Å². The number of carboxylic acid groups (broad SMARTS) is 1. The smallest absolute Gasteiger partial charge is 0.313 e. The topological polar surface area (TPSA) is 71.2 Å². The van der Waals surface area contributed by atoms with Gasteiger partial charge in [0.05, 0.1) is 5.75 Å². The zero-order chi connectivity index (χ0) is 14.7. The van der Waals surface area contributed by atoms with E-state index in [1.54, 1.807) is 6.20 Å². The molecule has 0 unspecified atom stereocenters. The van der Waals surface area contributed by atoms with Gasteiger partial charge in [0, 0.05) is 23.8 Å². The van der Waals surface area contributed by atoms with Crippen LogP contribution in [0.2, 0.25) is 0 Å². The molecule has 0 saturated carbocycles. The quantitative estimate of drug-likeness (QED) is 0.795. The van der Waals surface area contributed by atoms with Crippen LogP contribution in [0.5, 0.6) is 0 Å². The van der Waals surface area contributed by atoms with Gasteiger partial charge in [0.25, 0.3) is 0 Å². The van der Waals surface area contributed by atoms with E-state index in [2.05, 4.69) is 30.8 Å². The van der Waals surface area contributed by atoms with E-state index in [0.717, 1.165) is 28.7 Å². The predicted octanol–water partition coefficient (Wildman–Crippen LogP) is 1.93. The van der Waals surface area contributed by atoms with E-state index in [4.69, 9.17) is 5.11 Å². The summed E-state index contributed by atoms with van der Waals surface area (Å²) >= 11 is 4.59. The summed E-state index contributed by atoms with van der Waals surface area (Å²) in [5.41, 5.74) is 1.55. The molecule has 2 aromatic rings. The largest absolute Gasteiger partial charge is 0.481 e. The molecular weight excluding hydrogens is 344 g/mol. The molecule has 0 aliphatic heterocycles. The van der Waals surface area contributed by atoms with E-state index in [9.17, 15) is 4.79 Å². The Labute approximate surface area is 129 Å². The molecule has 8 heteroatoms. The van der Waals surface area contributed by atoms with Gasteiger partial charge in [-0.3, -0.25) is 4.79 Å². The summed E-state index contributed by atoms with van der Waals surface area (Å²) in [6.45, 7) is 1.56. The van der Waals surface area contributed by atoms with Crippen LogP contribution in [0.3, 0.4) is 0 Å². The summed E-state index contributed by atoms with van der Waals surface area (Å²) in [5, 5.41) is 9.50. The molecule has 20 heavy (non-hydrogen) atoms. The summed E-state index contributed by atoms with van der Waals surface area (Å²) < 4.78 is 2.83. The zero-order valence-corrected chi connectivity index (χ0v) is 13.6. The molecule has 0 aliphatic rings. The van der Waals surface area contributed by atoms with Gasteiger partial charge in [-0.1, -0.05) is 11.8 Å². The van der Waals surface area contributed by atoms with Gasteiger partial charge in [-0.25, -0.2) is 9.97 Å². The van der Waals surface area contributed by atoms with Crippen LogP contribution in [-0.4, -0.2) is 56.9 Å². The number of carbonyl (C=O) groups is 1. The van der Waals surface area contributed by atoms with Crippen molar-refractivity contribution < 1.29 is 9.90 Å². The molecule has 2 aromatic heterocycles. The summed E-state index contributed by atoms with van der Waals surface area (Å²) in [5.74, 6) is -0.859. The standard InChI is InChI=1S/C12H15BrN4O2S/c1-16(2)3-4-17-11-9(5-8(13)6-14-11)15-12(17)20-7-10(18)19/h5-6H,3-4,7H2,1-2H3,(H,18,19). The molecule has 0 spiro atoms. The van der Waals surface area contributed by atoms with Crippen LogP contribution in [0.25, 0.3) is 11.2 Å². The first-order valence-corrected chi connectivity index (χ1v) is 7.76. The second-order valence-electron chi connectivity index (χ2n) is 4.53. The highest BCUT2D eigenvalue weighted by Gasteiger charge is 2.14. The SMILES string of the molecule is CN(C)CCn1c(SCC(=O)O)nc2cc(Br)cnc21. The number of hydrogen-bond acceptors (Lipinski definition) is 5. The number of carboxylic acids is 1. The second kappa shape index (κ2) is 6.55. The highest BCUT2D eigenvalue weighted by atomic mass is 79.9. The van der Waals surface area contributed by atoms with E-state index in [-0.39, 0.29) is 5.75 Å². The zero-order valence-electron chi connectivity index (χ0n) is 11.2. The highest BCUT2D eigenvalue weighted by molar-refractivity contribution is 9.10. The Kier molecular flexibility index (Phi) is 5.00. The second-order valence-corrected chi connectivity index (χ2v) is 6.39. The lowest BCUT2D eigenvalue weighted by molar-refractivity contribution is -0.133. The number of likely N-dealkylation sites (N-methyl/N-ethyl adjacent to an activating group) is 1. The number of pyridine rings is 1. The van der Waals surface area contributed by atoms with Crippen LogP contribution >= 0.6 is 27.7 Å². The van der Waals surface area contributed by atoms with Crippen molar-refractivity contribution in [1.82, 2.24) is 19.4 Å². The Morgan fingerprint density at radius 3 is 2.95 bits per heavy atom. The average Bonchev–Trinajstić information content (AvgIpc) is 2.70. The Bertz CT molecular complexity index is 629. The first-order chi connectivity index (χ1) is 9.47. The number of fused-ring (bicyclic) bond motifs is 1. The van der Waals surface area contributed by atoms with E-state index in [0.29, 0.717) is 5.16 Å². The van der Waals surface area contributed by atoms with Crippen molar-refractivity contribution in [3.63, 3.8) is 0 Å². The Morgan fingerprint density at radius 2 is 2.30 bits per heavy atom. The molecule has 0 aromatic carbocycles. The number of aliphatic carboxylic acids is 1. The van der Waals surface area contributed by atoms with Gasteiger partial charge in [-0.15, -0.1) is 0 Å². The number of halogens is 1. The normalized spacial score (nSPS) is 11.4. The molecule has 6 nitrogen and oxygen atoms in total. The summed E-state index contributed by atoms with van der Waals surface area (Å²) in [6.07, 6.45) is 1.72. The van der Waals surface area contributed by atoms with Crippen molar-refractivity contribution in [3.8, 4) is 0 Å². The van der Waals surface area contributed by atoms with Gasteiger partial charge in [0.15, 0.2) is 10.8 Å². The minimum atomic E-state index is -0.852. The van der Waals surface area contributed by atoms with Crippen LogP contribution in [0.15, 0.2) is 21.9 Å². The Hall–Kier alpha value is -1.12. The first-order valence-electron chi connectivity index (χ1n) is 5.98. The number of rotatable bonds is 6. The first kappa shape index (κ1) is 15.3. The molecule has 2 rings (SSSR count). The summed E-state index contributed by atoms with van der Waals surface area (Å²) in [6, 6.07) is 1.89. The molecule has 0 aliphatic carbocycles. The maximum Gasteiger partial charge on any atom is 0.313 e. The lowest BCUT2D eigenvalue weighted by atomic mass is 10.4. The van der Waals surface area contributed by atoms with E-state index in [1.807, 2.05) is 24.7 Å². The number of thioether (sulfide) groups is 1. The third-order valence-corrected chi connectivity index (χ3v) is 4.01. The van der Waals surface area contributed by atoms with Crippen molar-refractivity contribution in [3.05, 3.63) is 16.7 Å². The minimum Gasteiger partial charge on any atom is -0.481 e. The molecule has 0 radical (unpaired) electrons. The fourth-order valence-corrected chi connectivity index (χ4v) is 2.77. The molecule has 0 amide bonds.